The van der Waals surface area contributed by atoms with Crippen LogP contribution in [0.25, 0.3) is 0 Å². The molecule has 3 nitrogen and oxygen atoms in total. The van der Waals surface area contributed by atoms with Crippen molar-refractivity contribution in [3.05, 3.63) is 0 Å². The second kappa shape index (κ2) is 6.55. The third kappa shape index (κ3) is 3.62. The van der Waals surface area contributed by atoms with Crippen LogP contribution in [-0.4, -0.2) is 36.6 Å². The SMILES string of the molecule is C1CC2CCC3CCC(CCC4CCC(CCC1O2)O4)O3. The summed E-state index contributed by atoms with van der Waals surface area (Å²) in [5.74, 6) is 0. The molecule has 0 aromatic rings. The van der Waals surface area contributed by atoms with Gasteiger partial charge in [0.2, 0.25) is 0 Å². The fourth-order valence-corrected chi connectivity index (χ4v) is 4.73. The molecular weight excluding hydrogens is 264 g/mol. The maximum atomic E-state index is 6.24. The van der Waals surface area contributed by atoms with Gasteiger partial charge in [-0.1, -0.05) is 0 Å². The van der Waals surface area contributed by atoms with Gasteiger partial charge in [0.15, 0.2) is 0 Å². The summed E-state index contributed by atoms with van der Waals surface area (Å²) in [6.07, 6.45) is 17.8. The standard InChI is InChI=1S/C18H30O3/c1-2-14-9-10-16-5-6-18(21-16)12-11-17-4-3-15(20-17)8-7-13(1)19-14/h13-18H,1-12H2. The van der Waals surface area contributed by atoms with Crippen LogP contribution >= 0.6 is 0 Å². The first-order chi connectivity index (χ1) is 10.3. The number of fused-ring (bicyclic) bond motifs is 6. The van der Waals surface area contributed by atoms with Gasteiger partial charge in [0.25, 0.3) is 0 Å². The van der Waals surface area contributed by atoms with Gasteiger partial charge >= 0.3 is 0 Å². The third-order valence-corrected chi connectivity index (χ3v) is 6.02. The van der Waals surface area contributed by atoms with E-state index >= 15 is 0 Å². The van der Waals surface area contributed by atoms with Crippen LogP contribution in [0.4, 0.5) is 0 Å². The molecule has 4 aliphatic heterocycles. The Kier molecular flexibility index (Phi) is 4.52. The molecule has 0 aromatic heterocycles. The molecule has 4 fully saturated rings. The smallest absolute Gasteiger partial charge is 0.0580 e. The fraction of sp³-hybridized carbons (Fsp3) is 1.00. The van der Waals surface area contributed by atoms with Gasteiger partial charge < -0.3 is 14.2 Å². The minimum atomic E-state index is 0.500. The highest BCUT2D eigenvalue weighted by molar-refractivity contribution is 4.82. The zero-order valence-electron chi connectivity index (χ0n) is 13.2. The molecule has 4 saturated heterocycles. The minimum absolute atomic E-state index is 0.500. The van der Waals surface area contributed by atoms with Crippen LogP contribution in [0.3, 0.4) is 0 Å². The molecule has 21 heavy (non-hydrogen) atoms. The summed E-state index contributed by atoms with van der Waals surface area (Å²) in [6, 6.07) is 0. The summed E-state index contributed by atoms with van der Waals surface area (Å²) in [4.78, 5) is 0. The molecule has 0 unspecified atom stereocenters. The van der Waals surface area contributed by atoms with E-state index in [4.69, 9.17) is 14.2 Å². The van der Waals surface area contributed by atoms with Crippen molar-refractivity contribution in [1.29, 1.82) is 0 Å². The number of hydrogen-bond acceptors (Lipinski definition) is 3. The molecule has 4 aliphatic rings. The van der Waals surface area contributed by atoms with Crippen LogP contribution in [-0.2, 0) is 14.2 Å². The second-order valence-electron chi connectivity index (χ2n) is 7.60. The molecule has 0 spiro atoms. The molecule has 120 valence electrons. The summed E-state index contributed by atoms with van der Waals surface area (Å²) < 4.78 is 18.7. The lowest BCUT2D eigenvalue weighted by Crippen LogP contribution is -2.16. The van der Waals surface area contributed by atoms with Crippen LogP contribution in [0.1, 0.15) is 77.0 Å². The Labute approximate surface area is 128 Å². The van der Waals surface area contributed by atoms with Crippen LogP contribution in [0, 0.1) is 0 Å². The van der Waals surface area contributed by atoms with E-state index in [1.807, 2.05) is 0 Å². The van der Waals surface area contributed by atoms with Crippen LogP contribution < -0.4 is 0 Å². The zero-order valence-corrected chi connectivity index (χ0v) is 13.2. The number of hydrogen-bond donors (Lipinski definition) is 0. The lowest BCUT2D eigenvalue weighted by molar-refractivity contribution is 0.00576. The van der Waals surface area contributed by atoms with Crippen molar-refractivity contribution in [2.45, 2.75) is 114 Å². The van der Waals surface area contributed by atoms with Crippen molar-refractivity contribution >= 4 is 0 Å². The normalized spacial score (nSPS) is 48.0. The first kappa shape index (κ1) is 14.5. The maximum absolute atomic E-state index is 6.24. The molecular formula is C18H30O3. The third-order valence-electron chi connectivity index (χ3n) is 6.02. The van der Waals surface area contributed by atoms with E-state index in [1.54, 1.807) is 0 Å². The summed E-state index contributed by atoms with van der Waals surface area (Å²) in [6.45, 7) is 0. The molecule has 3 heteroatoms. The Morgan fingerprint density at radius 2 is 0.429 bits per heavy atom. The van der Waals surface area contributed by atoms with E-state index in [-0.39, 0.29) is 0 Å². The van der Waals surface area contributed by atoms with E-state index in [9.17, 15) is 0 Å². The molecule has 0 amide bonds. The fourth-order valence-electron chi connectivity index (χ4n) is 4.73. The van der Waals surface area contributed by atoms with E-state index in [0.29, 0.717) is 36.6 Å². The highest BCUT2D eigenvalue weighted by Crippen LogP contribution is 2.34. The molecule has 0 N–H and O–H groups in total. The van der Waals surface area contributed by atoms with E-state index in [1.165, 1.54) is 77.0 Å². The quantitative estimate of drug-likeness (QED) is 0.676. The van der Waals surface area contributed by atoms with Crippen molar-refractivity contribution < 1.29 is 14.2 Å². The van der Waals surface area contributed by atoms with Gasteiger partial charge in [0, 0.05) is 0 Å². The Bertz CT molecular complexity index is 263. The minimum Gasteiger partial charge on any atom is -0.375 e. The molecule has 0 aliphatic carbocycles. The first-order valence-electron chi connectivity index (χ1n) is 9.31. The monoisotopic (exact) mass is 294 g/mol. The van der Waals surface area contributed by atoms with Gasteiger partial charge in [-0.25, -0.2) is 0 Å². The highest BCUT2D eigenvalue weighted by atomic mass is 16.5. The zero-order chi connectivity index (χ0) is 14.1. The van der Waals surface area contributed by atoms with Gasteiger partial charge in [-0.05, 0) is 77.0 Å². The Hall–Kier alpha value is -0.120. The molecule has 6 bridgehead atoms. The van der Waals surface area contributed by atoms with Gasteiger partial charge in [0.05, 0.1) is 36.6 Å². The van der Waals surface area contributed by atoms with Crippen molar-refractivity contribution in [3.63, 3.8) is 0 Å². The molecule has 4 rings (SSSR count). The summed E-state index contributed by atoms with van der Waals surface area (Å²) >= 11 is 0. The van der Waals surface area contributed by atoms with Crippen LogP contribution in [0.5, 0.6) is 0 Å². The van der Waals surface area contributed by atoms with E-state index < -0.39 is 0 Å². The molecule has 0 atom stereocenters. The summed E-state index contributed by atoms with van der Waals surface area (Å²) in [7, 11) is 0. The van der Waals surface area contributed by atoms with Crippen molar-refractivity contribution in [3.8, 4) is 0 Å². The van der Waals surface area contributed by atoms with Gasteiger partial charge in [0.1, 0.15) is 0 Å². The second-order valence-corrected chi connectivity index (χ2v) is 7.60. The lowest BCUT2D eigenvalue weighted by atomic mass is 10.0. The number of ether oxygens (including phenoxy) is 3. The Balaban J connectivity index is 1.38. The predicted molar refractivity (Wildman–Crippen MR) is 81.4 cm³/mol. The number of rotatable bonds is 0. The first-order valence-corrected chi connectivity index (χ1v) is 9.31. The van der Waals surface area contributed by atoms with Gasteiger partial charge in [-0.3, -0.25) is 0 Å². The molecule has 0 aromatic carbocycles. The van der Waals surface area contributed by atoms with E-state index in [0.717, 1.165) is 0 Å². The average Bonchev–Trinajstić information content (AvgIpc) is 3.21. The van der Waals surface area contributed by atoms with Crippen LogP contribution in [0.2, 0.25) is 0 Å². The molecule has 0 saturated carbocycles. The molecule has 4 heterocycles. The largest absolute Gasteiger partial charge is 0.375 e. The lowest BCUT2D eigenvalue weighted by Gasteiger charge is -2.17. The average molecular weight is 294 g/mol. The van der Waals surface area contributed by atoms with Gasteiger partial charge in [-0.15, -0.1) is 0 Å². The Morgan fingerprint density at radius 1 is 0.286 bits per heavy atom. The van der Waals surface area contributed by atoms with Crippen LogP contribution in [0.15, 0.2) is 0 Å². The maximum Gasteiger partial charge on any atom is 0.0580 e. The predicted octanol–water partition coefficient (Wildman–Crippen LogP) is 3.98. The molecule has 0 radical (unpaired) electrons. The van der Waals surface area contributed by atoms with Crippen molar-refractivity contribution in [2.24, 2.45) is 0 Å². The summed E-state index contributed by atoms with van der Waals surface area (Å²) in [5.41, 5.74) is 0. The highest BCUT2D eigenvalue weighted by Gasteiger charge is 2.32. The summed E-state index contributed by atoms with van der Waals surface area (Å²) in [5, 5.41) is 0. The van der Waals surface area contributed by atoms with Gasteiger partial charge in [-0.2, -0.15) is 0 Å². The van der Waals surface area contributed by atoms with E-state index in [2.05, 4.69) is 0 Å². The van der Waals surface area contributed by atoms with Crippen molar-refractivity contribution in [1.82, 2.24) is 0 Å². The van der Waals surface area contributed by atoms with Crippen molar-refractivity contribution in [2.75, 3.05) is 0 Å². The topological polar surface area (TPSA) is 27.7 Å². The Morgan fingerprint density at radius 3 is 0.571 bits per heavy atom.